The molecule has 0 saturated heterocycles. The van der Waals surface area contributed by atoms with Crippen molar-refractivity contribution in [3.8, 4) is 0 Å². The van der Waals surface area contributed by atoms with E-state index in [4.69, 9.17) is 23.2 Å². The van der Waals surface area contributed by atoms with Gasteiger partial charge in [-0.1, -0.05) is 83.9 Å². The second kappa shape index (κ2) is 12.3. The summed E-state index contributed by atoms with van der Waals surface area (Å²) in [5.41, 5.74) is 1.78. The van der Waals surface area contributed by atoms with E-state index < -0.39 is 28.5 Å². The Kier molecular flexibility index (Phi) is 9.37. The lowest BCUT2D eigenvalue weighted by Crippen LogP contribution is -2.52. The number of likely N-dealkylation sites (N-methyl/N-ethyl adjacent to an activating group) is 1. The molecule has 0 radical (unpaired) electrons. The molecule has 1 N–H and O–H groups in total. The van der Waals surface area contributed by atoms with Gasteiger partial charge in [0.25, 0.3) is 0 Å². The average Bonchev–Trinajstić information content (AvgIpc) is 2.85. The van der Waals surface area contributed by atoms with Crippen LogP contribution >= 0.6 is 23.2 Å². The second-order valence-electron chi connectivity index (χ2n) is 8.19. The molecule has 0 fully saturated rings. The molecule has 7 nitrogen and oxygen atoms in total. The monoisotopic (exact) mass is 547 g/mol. The molecule has 0 bridgehead atoms. The zero-order chi connectivity index (χ0) is 26.3. The van der Waals surface area contributed by atoms with Crippen LogP contribution in [-0.4, -0.2) is 51.0 Å². The number of halogens is 2. The van der Waals surface area contributed by atoms with Crippen molar-refractivity contribution in [1.29, 1.82) is 0 Å². The van der Waals surface area contributed by atoms with Gasteiger partial charge < -0.3 is 10.2 Å². The molecule has 0 aliphatic carbocycles. The number of hydrogen-bond acceptors (Lipinski definition) is 4. The van der Waals surface area contributed by atoms with Gasteiger partial charge in [0.1, 0.15) is 12.6 Å². The van der Waals surface area contributed by atoms with Gasteiger partial charge >= 0.3 is 0 Å². The fourth-order valence-corrected chi connectivity index (χ4v) is 5.20. The molecule has 0 aliphatic rings. The molecule has 190 valence electrons. The number of nitrogens with zero attached hydrogens (tertiary/aromatic N) is 2. The van der Waals surface area contributed by atoms with Crippen LogP contribution in [0.3, 0.4) is 0 Å². The summed E-state index contributed by atoms with van der Waals surface area (Å²) in [5, 5.41) is 3.05. The summed E-state index contributed by atoms with van der Waals surface area (Å²) in [6.45, 7) is -0.439. The number of hydrogen-bond donors (Lipinski definition) is 1. The number of amides is 2. The molecule has 2 amide bonds. The molecule has 0 aromatic heterocycles. The maximum absolute atomic E-state index is 13.8. The first-order valence-electron chi connectivity index (χ1n) is 11.1. The Labute approximate surface area is 221 Å². The quantitative estimate of drug-likeness (QED) is 0.413. The van der Waals surface area contributed by atoms with E-state index in [0.29, 0.717) is 5.02 Å². The first-order valence-corrected chi connectivity index (χ1v) is 13.7. The third kappa shape index (κ3) is 7.22. The van der Waals surface area contributed by atoms with Gasteiger partial charge in [0.05, 0.1) is 17.0 Å². The molecular formula is C26H27Cl2N3O4S. The van der Waals surface area contributed by atoms with Gasteiger partial charge in [0, 0.05) is 25.0 Å². The Hall–Kier alpha value is -3.07. The van der Waals surface area contributed by atoms with E-state index in [1.165, 1.54) is 30.1 Å². The Balaban J connectivity index is 2.02. The summed E-state index contributed by atoms with van der Waals surface area (Å²) in [6.07, 6.45) is 1.24. The molecule has 36 heavy (non-hydrogen) atoms. The SMILES string of the molecule is CNC(=O)[C@@H](Cc1ccccc1)N(Cc1ccccc1)C(=O)CN(c1ccc(Cl)cc1Cl)S(C)(=O)=O. The highest BCUT2D eigenvalue weighted by Crippen LogP contribution is 2.30. The minimum absolute atomic E-state index is 0.0856. The number of sulfonamides is 1. The third-order valence-corrected chi connectivity index (χ3v) is 7.24. The first-order chi connectivity index (χ1) is 17.1. The standard InChI is InChI=1S/C26H27Cl2N3O4S/c1-29-26(33)24(15-19-9-5-3-6-10-19)30(17-20-11-7-4-8-12-20)25(32)18-31(36(2,34)35)23-14-13-21(27)16-22(23)28/h3-14,16,24H,15,17-18H2,1-2H3,(H,29,33)/t24-/m1/s1. The smallest absolute Gasteiger partial charge is 0.244 e. The molecule has 10 heteroatoms. The van der Waals surface area contributed by atoms with Crippen LogP contribution in [0.2, 0.25) is 10.0 Å². The van der Waals surface area contributed by atoms with Crippen LogP contribution in [0.1, 0.15) is 11.1 Å². The minimum Gasteiger partial charge on any atom is -0.357 e. The van der Waals surface area contributed by atoms with Gasteiger partial charge in [-0.05, 0) is 29.3 Å². The van der Waals surface area contributed by atoms with Crippen molar-refractivity contribution in [2.45, 2.75) is 19.0 Å². The third-order valence-electron chi connectivity index (χ3n) is 5.57. The van der Waals surface area contributed by atoms with Crippen LogP contribution < -0.4 is 9.62 Å². The van der Waals surface area contributed by atoms with Crippen molar-refractivity contribution in [3.05, 3.63) is 100 Å². The van der Waals surface area contributed by atoms with Gasteiger partial charge in [-0.15, -0.1) is 0 Å². The predicted octanol–water partition coefficient (Wildman–Crippen LogP) is 4.15. The van der Waals surface area contributed by atoms with Gasteiger partial charge in [-0.2, -0.15) is 0 Å². The molecule has 3 aromatic rings. The molecule has 0 heterocycles. The number of benzene rings is 3. The van der Waals surface area contributed by atoms with Crippen LogP contribution in [0.5, 0.6) is 0 Å². The maximum atomic E-state index is 13.8. The molecule has 0 aliphatic heterocycles. The topological polar surface area (TPSA) is 86.8 Å². The zero-order valence-corrected chi connectivity index (χ0v) is 22.2. The van der Waals surface area contributed by atoms with Crippen molar-refractivity contribution < 1.29 is 18.0 Å². The second-order valence-corrected chi connectivity index (χ2v) is 10.9. The number of nitrogens with one attached hydrogen (secondary N) is 1. The van der Waals surface area contributed by atoms with E-state index in [0.717, 1.165) is 21.7 Å². The number of anilines is 1. The molecule has 0 spiro atoms. The highest BCUT2D eigenvalue weighted by Gasteiger charge is 2.33. The van der Waals surface area contributed by atoms with Crippen molar-refractivity contribution in [2.75, 3.05) is 24.2 Å². The lowest BCUT2D eigenvalue weighted by molar-refractivity contribution is -0.139. The van der Waals surface area contributed by atoms with Crippen LogP contribution in [0.25, 0.3) is 0 Å². The molecular weight excluding hydrogens is 521 g/mol. The predicted molar refractivity (Wildman–Crippen MR) is 144 cm³/mol. The maximum Gasteiger partial charge on any atom is 0.244 e. The Morgan fingerprint density at radius 3 is 2.03 bits per heavy atom. The highest BCUT2D eigenvalue weighted by atomic mass is 35.5. The lowest BCUT2D eigenvalue weighted by Gasteiger charge is -2.33. The Bertz CT molecular complexity index is 1310. The fourth-order valence-electron chi connectivity index (χ4n) is 3.78. The molecule has 1 atom stereocenters. The van der Waals surface area contributed by atoms with E-state index in [1.54, 1.807) is 0 Å². The van der Waals surface area contributed by atoms with Gasteiger partial charge in [-0.3, -0.25) is 13.9 Å². The van der Waals surface area contributed by atoms with Crippen LogP contribution in [-0.2, 0) is 32.6 Å². The van der Waals surface area contributed by atoms with Crippen molar-refractivity contribution in [2.24, 2.45) is 0 Å². The summed E-state index contributed by atoms with van der Waals surface area (Å²) < 4.78 is 26.4. The van der Waals surface area contributed by atoms with Crippen LogP contribution in [0.4, 0.5) is 5.69 Å². The van der Waals surface area contributed by atoms with E-state index >= 15 is 0 Å². The number of carbonyl (C=O) groups is 2. The molecule has 0 saturated carbocycles. The van der Waals surface area contributed by atoms with E-state index in [1.807, 2.05) is 60.7 Å². The summed E-state index contributed by atoms with van der Waals surface area (Å²) in [5.74, 6) is -0.918. The zero-order valence-electron chi connectivity index (χ0n) is 19.9. The van der Waals surface area contributed by atoms with Crippen LogP contribution in [0.15, 0.2) is 78.9 Å². The fraction of sp³-hybridized carbons (Fsp3) is 0.231. The Morgan fingerprint density at radius 1 is 0.917 bits per heavy atom. The average molecular weight is 548 g/mol. The largest absolute Gasteiger partial charge is 0.357 e. The van der Waals surface area contributed by atoms with Gasteiger partial charge in [0.2, 0.25) is 21.8 Å². The molecule has 3 rings (SSSR count). The number of rotatable bonds is 10. The Morgan fingerprint density at radius 2 is 1.50 bits per heavy atom. The van der Waals surface area contributed by atoms with Gasteiger partial charge in [0.15, 0.2) is 0 Å². The summed E-state index contributed by atoms with van der Waals surface area (Å²) >= 11 is 12.3. The van der Waals surface area contributed by atoms with E-state index in [9.17, 15) is 18.0 Å². The molecule has 3 aromatic carbocycles. The van der Waals surface area contributed by atoms with E-state index in [-0.39, 0.29) is 29.6 Å². The highest BCUT2D eigenvalue weighted by molar-refractivity contribution is 7.92. The number of carbonyl (C=O) groups excluding carboxylic acids is 2. The van der Waals surface area contributed by atoms with Gasteiger partial charge in [-0.25, -0.2) is 8.42 Å². The van der Waals surface area contributed by atoms with E-state index in [2.05, 4.69) is 5.32 Å². The van der Waals surface area contributed by atoms with Crippen molar-refractivity contribution in [3.63, 3.8) is 0 Å². The normalized spacial score (nSPS) is 12.0. The summed E-state index contributed by atoms with van der Waals surface area (Å²) in [6, 6.07) is 22.0. The van der Waals surface area contributed by atoms with Crippen molar-refractivity contribution in [1.82, 2.24) is 10.2 Å². The molecule has 0 unspecified atom stereocenters. The summed E-state index contributed by atoms with van der Waals surface area (Å²) in [4.78, 5) is 28.2. The first kappa shape index (κ1) is 27.5. The lowest BCUT2D eigenvalue weighted by atomic mass is 10.0. The van der Waals surface area contributed by atoms with Crippen LogP contribution in [0, 0.1) is 0 Å². The minimum atomic E-state index is -3.91. The summed E-state index contributed by atoms with van der Waals surface area (Å²) in [7, 11) is -2.41. The van der Waals surface area contributed by atoms with Crippen molar-refractivity contribution >= 4 is 50.7 Å².